The first-order valence-electron chi connectivity index (χ1n) is 33.2. The van der Waals surface area contributed by atoms with Gasteiger partial charge in [0.05, 0.1) is 39.1 Å². The zero-order chi connectivity index (χ0) is 66.2. The van der Waals surface area contributed by atoms with Crippen LogP contribution < -0.4 is 16.4 Å². The highest BCUT2D eigenvalue weighted by Crippen LogP contribution is 2.48. The third-order valence-electron chi connectivity index (χ3n) is 19.4. The maximum absolute atomic E-state index is 14.0. The summed E-state index contributed by atoms with van der Waals surface area (Å²) in [5, 5.41) is 7.31. The van der Waals surface area contributed by atoms with E-state index in [2.05, 4.69) is 59.2 Å². The molecule has 15 heteroatoms. The second kappa shape index (κ2) is 33.2. The monoisotopic (exact) mass is 1290 g/mol. The average molecular weight is 1290 g/mol. The van der Waals surface area contributed by atoms with E-state index in [4.69, 9.17) is 19.9 Å². The molecule has 0 aromatic heterocycles. The molecule has 3 saturated heterocycles. The van der Waals surface area contributed by atoms with Gasteiger partial charge in [-0.3, -0.25) is 14.4 Å². The highest BCUT2D eigenvalue weighted by Gasteiger charge is 2.47. The average Bonchev–Trinajstić information content (AvgIpc) is 1.60. The molecule has 4 N–H and O–H groups in total. The number of nitrogens with zero attached hydrogens (tertiary/aromatic N) is 3. The van der Waals surface area contributed by atoms with E-state index in [1.807, 2.05) is 194 Å². The molecule has 10 atom stereocenters. The van der Waals surface area contributed by atoms with E-state index in [1.165, 1.54) is 45.3 Å². The van der Waals surface area contributed by atoms with Crippen LogP contribution in [0.1, 0.15) is 114 Å². The van der Waals surface area contributed by atoms with Crippen LogP contribution in [0.4, 0.5) is 0 Å². The molecule has 3 aliphatic heterocycles. The van der Waals surface area contributed by atoms with Gasteiger partial charge in [-0.25, -0.2) is 14.4 Å². The van der Waals surface area contributed by atoms with Gasteiger partial charge in [-0.15, -0.1) is 0 Å². The summed E-state index contributed by atoms with van der Waals surface area (Å²) in [6, 6.07) is 77.8. The Bertz CT molecular complexity index is 3480. The van der Waals surface area contributed by atoms with Crippen molar-refractivity contribution in [1.29, 1.82) is 0 Å². The molecule has 5 aliphatic rings. The second-order valence-corrected chi connectivity index (χ2v) is 25.6. The zero-order valence-corrected chi connectivity index (χ0v) is 54.3. The largest absolute Gasteiger partial charge is 0.467 e. The molecular weight excluding hydrogens is 1200 g/mol. The fourth-order valence-corrected chi connectivity index (χ4v) is 14.2. The van der Waals surface area contributed by atoms with Crippen LogP contribution in [0.25, 0.3) is 0 Å². The Hall–Kier alpha value is -9.54. The summed E-state index contributed by atoms with van der Waals surface area (Å²) >= 11 is 0. The molecule has 0 bridgehead atoms. The van der Waals surface area contributed by atoms with E-state index in [9.17, 15) is 28.8 Å². The number of carbonyl (C=O) groups is 6. The quantitative estimate of drug-likeness (QED) is 0.0484. The lowest BCUT2D eigenvalue weighted by Gasteiger charge is -2.28. The zero-order valence-electron chi connectivity index (χ0n) is 54.3. The summed E-state index contributed by atoms with van der Waals surface area (Å²) in [5.74, 6) is -0.372. The van der Waals surface area contributed by atoms with Crippen LogP contribution in [-0.4, -0.2) is 141 Å². The number of benzene rings is 8. The van der Waals surface area contributed by atoms with Crippen molar-refractivity contribution in [2.45, 2.75) is 105 Å². The van der Waals surface area contributed by atoms with Crippen LogP contribution in [-0.2, 0) is 43.0 Å². The molecule has 3 heterocycles. The molecule has 8 aromatic carbocycles. The Balaban J connectivity index is 0.000000158. The standard InChI is InChI=1S/2C30H32N2O3.C20H22N2O3.CH4/c2*1-35-30(34)27-18-25(31-19-24-17-26(24)21-11-5-2-6-12-21)20-32(27)29(33)28(22-13-7-3-8-14-22)23-15-9-4-10-16-23;1-25-20(24)17-12-16(21)13-22(17)19(23)18(14-8-4-2-5-9-14)15-10-6-3-7-11-15;/h2*2-16,24-28,31H,17-20H2,1H3;2-11,16-18H,12-13,21H2,1H3;1H4/t24-,25+,26-,27+;24-,25-,26-,27-;16-,17-;/m100./s1. The normalized spacial score (nSPS) is 22.2. The van der Waals surface area contributed by atoms with Crippen molar-refractivity contribution in [2.24, 2.45) is 17.6 Å². The number of nitrogens with one attached hydrogen (secondary N) is 2. The summed E-state index contributed by atoms with van der Waals surface area (Å²) in [6.45, 7) is 3.13. The van der Waals surface area contributed by atoms with Crippen molar-refractivity contribution in [3.63, 3.8) is 0 Å². The molecule has 2 saturated carbocycles. The lowest BCUT2D eigenvalue weighted by atomic mass is 9.90. The van der Waals surface area contributed by atoms with Crippen molar-refractivity contribution in [1.82, 2.24) is 25.3 Å². The molecule has 0 radical (unpaired) electrons. The molecule has 8 aromatic rings. The van der Waals surface area contributed by atoms with Crippen LogP contribution >= 0.6 is 0 Å². The van der Waals surface area contributed by atoms with Crippen LogP contribution in [0.3, 0.4) is 0 Å². The summed E-state index contributed by atoms with van der Waals surface area (Å²) in [6.07, 6.45) is 3.91. The van der Waals surface area contributed by atoms with Gasteiger partial charge in [0.1, 0.15) is 18.1 Å². The molecule has 15 nitrogen and oxygen atoms in total. The number of esters is 3. The molecule has 3 amide bonds. The highest BCUT2D eigenvalue weighted by atomic mass is 16.5. The van der Waals surface area contributed by atoms with E-state index < -0.39 is 41.8 Å². The van der Waals surface area contributed by atoms with Crippen molar-refractivity contribution in [3.8, 4) is 0 Å². The number of amides is 3. The Morgan fingerprint density at radius 1 is 0.365 bits per heavy atom. The van der Waals surface area contributed by atoms with E-state index in [0.29, 0.717) is 62.6 Å². The lowest BCUT2D eigenvalue weighted by molar-refractivity contribution is -0.151. The minimum Gasteiger partial charge on any atom is -0.467 e. The molecule has 0 spiro atoms. The van der Waals surface area contributed by atoms with Crippen LogP contribution in [0.15, 0.2) is 243 Å². The summed E-state index contributed by atoms with van der Waals surface area (Å²) in [5.41, 5.74) is 14.3. The number of methoxy groups -OCH3 is 3. The third-order valence-corrected chi connectivity index (χ3v) is 19.4. The first kappa shape index (κ1) is 69.3. The summed E-state index contributed by atoms with van der Waals surface area (Å²) < 4.78 is 15.1. The molecule has 498 valence electrons. The third kappa shape index (κ3) is 16.9. The predicted octanol–water partition coefficient (Wildman–Crippen LogP) is 11.3. The van der Waals surface area contributed by atoms with Crippen LogP contribution in [0.2, 0.25) is 0 Å². The van der Waals surface area contributed by atoms with Crippen LogP contribution in [0, 0.1) is 11.8 Å². The van der Waals surface area contributed by atoms with Gasteiger partial charge < -0.3 is 45.3 Å². The summed E-state index contributed by atoms with van der Waals surface area (Å²) in [7, 11) is 4.12. The maximum atomic E-state index is 14.0. The number of hydrogen-bond donors (Lipinski definition) is 3. The minimum absolute atomic E-state index is 0. The van der Waals surface area contributed by atoms with Gasteiger partial charge in [0.25, 0.3) is 0 Å². The molecule has 13 rings (SSSR count). The van der Waals surface area contributed by atoms with Gasteiger partial charge in [-0.1, -0.05) is 250 Å². The van der Waals surface area contributed by atoms with Gasteiger partial charge >= 0.3 is 17.9 Å². The van der Waals surface area contributed by atoms with E-state index >= 15 is 0 Å². The van der Waals surface area contributed by atoms with Gasteiger partial charge in [-0.2, -0.15) is 0 Å². The van der Waals surface area contributed by atoms with Crippen LogP contribution in [0.5, 0.6) is 0 Å². The molecule has 2 aliphatic carbocycles. The van der Waals surface area contributed by atoms with Gasteiger partial charge in [0, 0.05) is 37.8 Å². The van der Waals surface area contributed by atoms with Gasteiger partial charge in [-0.05, 0) is 113 Å². The second-order valence-electron chi connectivity index (χ2n) is 25.6. The highest BCUT2D eigenvalue weighted by molar-refractivity contribution is 5.94. The smallest absolute Gasteiger partial charge is 0.328 e. The number of ether oxygens (including phenoxy) is 3. The number of nitrogens with two attached hydrogens (primary N) is 1. The number of hydrogen-bond acceptors (Lipinski definition) is 12. The van der Waals surface area contributed by atoms with E-state index in [-0.39, 0.29) is 55.2 Å². The number of rotatable bonds is 20. The predicted molar refractivity (Wildman–Crippen MR) is 373 cm³/mol. The Labute approximate surface area is 565 Å². The fourth-order valence-electron chi connectivity index (χ4n) is 14.2. The molecule has 5 fully saturated rings. The minimum atomic E-state index is -0.623. The van der Waals surface area contributed by atoms with Gasteiger partial charge in [0.15, 0.2) is 0 Å². The Morgan fingerprint density at radius 2 is 0.604 bits per heavy atom. The first-order chi connectivity index (χ1) is 46.4. The Morgan fingerprint density at radius 3 is 0.865 bits per heavy atom. The van der Waals surface area contributed by atoms with Crippen molar-refractivity contribution in [3.05, 3.63) is 287 Å². The van der Waals surface area contributed by atoms with E-state index in [0.717, 1.165) is 46.5 Å². The molecular formula is C81H90N6O9. The van der Waals surface area contributed by atoms with Crippen molar-refractivity contribution >= 4 is 35.6 Å². The lowest BCUT2D eigenvalue weighted by Crippen LogP contribution is -2.44. The van der Waals surface area contributed by atoms with Crippen molar-refractivity contribution < 1.29 is 43.0 Å². The number of likely N-dealkylation sites (tertiary alicyclic amines) is 3. The fraction of sp³-hybridized carbons (Fsp3) is 0.333. The SMILES string of the molecule is C.COC(=O)[C@@H]1C[C@H](N)CN1C(=O)C(c1ccccc1)c1ccccc1.COC(=O)[C@@H]1C[C@H](NC[C@@H]2C[C@H]2c2ccccc2)CN1C(=O)C(c1ccccc1)c1ccccc1.COC(=O)[C@@H]1C[C@H](NC[C@H]2C[C@@H]2c2ccccc2)CN1C(=O)C(c1ccccc1)c1ccccc1. The number of carbonyl (C=O) groups excluding carboxylic acids is 6. The molecule has 96 heavy (non-hydrogen) atoms. The summed E-state index contributed by atoms with van der Waals surface area (Å²) in [4.78, 5) is 83.9. The molecule has 0 unspecified atom stereocenters. The first-order valence-corrected chi connectivity index (χ1v) is 33.2. The Kier molecular flexibility index (Phi) is 24.0. The van der Waals surface area contributed by atoms with Gasteiger partial charge in [0.2, 0.25) is 17.7 Å². The maximum Gasteiger partial charge on any atom is 0.328 e. The topological polar surface area (TPSA) is 190 Å². The van der Waals surface area contributed by atoms with E-state index in [1.54, 1.807) is 14.7 Å². The van der Waals surface area contributed by atoms with Crippen molar-refractivity contribution in [2.75, 3.05) is 54.1 Å².